The van der Waals surface area contributed by atoms with Crippen molar-refractivity contribution < 1.29 is 9.90 Å². The first-order valence-electron chi connectivity index (χ1n) is 6.09. The molecule has 6 nitrogen and oxygen atoms in total. The van der Waals surface area contributed by atoms with E-state index < -0.39 is 0 Å². The average Bonchev–Trinajstić information content (AvgIpc) is 2.87. The first-order chi connectivity index (χ1) is 9.24. The van der Waals surface area contributed by atoms with Crippen molar-refractivity contribution in [3.05, 3.63) is 18.2 Å². The van der Waals surface area contributed by atoms with Crippen molar-refractivity contribution in [1.82, 2.24) is 13.6 Å². The molecule has 2 aromatic rings. The molecule has 0 saturated carbocycles. The zero-order valence-electron chi connectivity index (χ0n) is 10.7. The van der Waals surface area contributed by atoms with Gasteiger partial charge in [0.05, 0.1) is 30.6 Å². The fourth-order valence-electron chi connectivity index (χ4n) is 1.79. The molecule has 1 heterocycles. The maximum Gasteiger partial charge on any atom is 0.238 e. The highest BCUT2D eigenvalue weighted by atomic mass is 32.1. The minimum Gasteiger partial charge on any atom is -0.395 e. The summed E-state index contributed by atoms with van der Waals surface area (Å²) in [5.74, 6) is -0.115. The normalized spacial score (nSPS) is 11.1. The molecular formula is C12H16N4O2S. The predicted octanol–water partition coefficient (Wildman–Crippen LogP) is 0.944. The minimum absolute atomic E-state index is 0.0483. The van der Waals surface area contributed by atoms with Crippen molar-refractivity contribution in [2.45, 2.75) is 6.92 Å². The van der Waals surface area contributed by atoms with E-state index in [-0.39, 0.29) is 19.1 Å². The number of hydrogen-bond acceptors (Lipinski definition) is 6. The Kier molecular flexibility index (Phi) is 4.78. The number of aliphatic hydroxyl groups excluding tert-OH is 1. The standard InChI is InChI=1S/C12H16N4O2S/c1-2-16(6-7-17)8-11(18)13-9-4-3-5-10-12(9)15-19-14-10/h3-5,17H,2,6-8H2,1H3,(H,13,18). The molecule has 0 saturated heterocycles. The van der Waals surface area contributed by atoms with Gasteiger partial charge in [0.2, 0.25) is 5.91 Å². The minimum atomic E-state index is -0.115. The average molecular weight is 280 g/mol. The molecule has 0 spiro atoms. The first kappa shape index (κ1) is 13.9. The molecule has 0 atom stereocenters. The lowest BCUT2D eigenvalue weighted by atomic mass is 10.2. The van der Waals surface area contributed by atoms with E-state index in [1.165, 1.54) is 0 Å². The number of aliphatic hydroxyl groups is 1. The van der Waals surface area contributed by atoms with E-state index in [0.29, 0.717) is 17.7 Å². The van der Waals surface area contributed by atoms with Gasteiger partial charge in [-0.2, -0.15) is 8.75 Å². The van der Waals surface area contributed by atoms with E-state index >= 15 is 0 Å². The van der Waals surface area contributed by atoms with Gasteiger partial charge in [0, 0.05) is 6.54 Å². The maximum atomic E-state index is 11.9. The molecule has 102 valence electrons. The lowest BCUT2D eigenvalue weighted by molar-refractivity contribution is -0.117. The van der Waals surface area contributed by atoms with Crippen molar-refractivity contribution >= 4 is 34.4 Å². The molecule has 2 N–H and O–H groups in total. The van der Waals surface area contributed by atoms with Gasteiger partial charge in [0.1, 0.15) is 11.0 Å². The Morgan fingerprint density at radius 1 is 1.47 bits per heavy atom. The molecule has 0 aliphatic carbocycles. The molecule has 0 bridgehead atoms. The Hall–Kier alpha value is -1.57. The smallest absolute Gasteiger partial charge is 0.238 e. The number of nitrogens with one attached hydrogen (secondary N) is 1. The molecule has 0 radical (unpaired) electrons. The highest BCUT2D eigenvalue weighted by Gasteiger charge is 2.11. The lowest BCUT2D eigenvalue weighted by Crippen LogP contribution is -2.35. The van der Waals surface area contributed by atoms with E-state index in [2.05, 4.69) is 14.1 Å². The summed E-state index contributed by atoms with van der Waals surface area (Å²) in [5.41, 5.74) is 2.17. The van der Waals surface area contributed by atoms with Crippen LogP contribution in [0.2, 0.25) is 0 Å². The van der Waals surface area contributed by atoms with Crippen LogP contribution in [-0.2, 0) is 4.79 Å². The molecule has 0 unspecified atom stereocenters. The quantitative estimate of drug-likeness (QED) is 0.823. The van der Waals surface area contributed by atoms with Gasteiger partial charge < -0.3 is 10.4 Å². The summed E-state index contributed by atoms with van der Waals surface area (Å²) in [7, 11) is 0. The molecule has 1 amide bonds. The number of hydrogen-bond donors (Lipinski definition) is 2. The van der Waals surface area contributed by atoms with Crippen molar-refractivity contribution in [1.29, 1.82) is 0 Å². The number of fused-ring (bicyclic) bond motifs is 1. The van der Waals surface area contributed by atoms with E-state index in [1.54, 1.807) is 0 Å². The van der Waals surface area contributed by atoms with Crippen LogP contribution < -0.4 is 5.32 Å². The SMILES string of the molecule is CCN(CCO)CC(=O)Nc1cccc2nsnc12. The topological polar surface area (TPSA) is 78.4 Å². The second-order valence-electron chi connectivity index (χ2n) is 4.08. The Labute approximate surface area is 115 Å². The monoisotopic (exact) mass is 280 g/mol. The van der Waals surface area contributed by atoms with Crippen molar-refractivity contribution in [3.63, 3.8) is 0 Å². The first-order valence-corrected chi connectivity index (χ1v) is 6.82. The van der Waals surface area contributed by atoms with Crippen molar-refractivity contribution in [3.8, 4) is 0 Å². The number of benzene rings is 1. The summed E-state index contributed by atoms with van der Waals surface area (Å²) in [5, 5.41) is 11.7. The second kappa shape index (κ2) is 6.55. The van der Waals surface area contributed by atoms with E-state index in [1.807, 2.05) is 30.0 Å². The fraction of sp³-hybridized carbons (Fsp3) is 0.417. The van der Waals surface area contributed by atoms with Gasteiger partial charge in [-0.1, -0.05) is 13.0 Å². The van der Waals surface area contributed by atoms with Gasteiger partial charge in [-0.3, -0.25) is 9.69 Å². The number of carbonyl (C=O) groups excluding carboxylic acids is 1. The third kappa shape index (κ3) is 3.46. The number of amides is 1. The molecule has 19 heavy (non-hydrogen) atoms. The lowest BCUT2D eigenvalue weighted by Gasteiger charge is -2.18. The van der Waals surface area contributed by atoms with Crippen LogP contribution in [0.4, 0.5) is 5.69 Å². The van der Waals surface area contributed by atoms with Crippen LogP contribution in [0.5, 0.6) is 0 Å². The summed E-state index contributed by atoms with van der Waals surface area (Å²) < 4.78 is 8.30. The summed E-state index contributed by atoms with van der Waals surface area (Å²) >= 11 is 1.13. The van der Waals surface area contributed by atoms with Crippen LogP contribution >= 0.6 is 11.7 Å². The largest absolute Gasteiger partial charge is 0.395 e. The molecule has 7 heteroatoms. The third-order valence-corrected chi connectivity index (χ3v) is 3.33. The Balaban J connectivity index is 2.04. The zero-order chi connectivity index (χ0) is 13.7. The van der Waals surface area contributed by atoms with Gasteiger partial charge in [-0.05, 0) is 18.7 Å². The van der Waals surface area contributed by atoms with Crippen molar-refractivity contribution in [2.75, 3.05) is 31.6 Å². The second-order valence-corrected chi connectivity index (χ2v) is 4.61. The highest BCUT2D eigenvalue weighted by molar-refractivity contribution is 7.00. The summed E-state index contributed by atoms with van der Waals surface area (Å²) in [6, 6.07) is 5.51. The van der Waals surface area contributed by atoms with Gasteiger partial charge in [-0.25, -0.2) is 0 Å². The highest BCUT2D eigenvalue weighted by Crippen LogP contribution is 2.20. The number of likely N-dealkylation sites (N-methyl/N-ethyl adjacent to an activating group) is 1. The number of anilines is 1. The van der Waals surface area contributed by atoms with Crippen LogP contribution in [0.1, 0.15) is 6.92 Å². The summed E-state index contributed by atoms with van der Waals surface area (Å²) in [4.78, 5) is 13.8. The predicted molar refractivity (Wildman–Crippen MR) is 75.2 cm³/mol. The van der Waals surface area contributed by atoms with Crippen molar-refractivity contribution in [2.24, 2.45) is 0 Å². The zero-order valence-corrected chi connectivity index (χ0v) is 11.5. The van der Waals surface area contributed by atoms with Crippen LogP contribution in [-0.4, -0.2) is 50.9 Å². The summed E-state index contributed by atoms with van der Waals surface area (Å²) in [6.45, 7) is 3.47. The number of nitrogens with zero attached hydrogens (tertiary/aromatic N) is 3. The van der Waals surface area contributed by atoms with Gasteiger partial charge in [0.25, 0.3) is 0 Å². The van der Waals surface area contributed by atoms with Crippen LogP contribution in [0.15, 0.2) is 18.2 Å². The van der Waals surface area contributed by atoms with E-state index in [0.717, 1.165) is 23.8 Å². The molecule has 1 aromatic heterocycles. The molecular weight excluding hydrogens is 264 g/mol. The number of carbonyl (C=O) groups is 1. The molecule has 2 rings (SSSR count). The van der Waals surface area contributed by atoms with Gasteiger partial charge in [0.15, 0.2) is 0 Å². The molecule has 0 aliphatic heterocycles. The number of aromatic nitrogens is 2. The molecule has 0 aliphatic rings. The summed E-state index contributed by atoms with van der Waals surface area (Å²) in [6.07, 6.45) is 0. The van der Waals surface area contributed by atoms with Crippen LogP contribution in [0.25, 0.3) is 11.0 Å². The third-order valence-electron chi connectivity index (χ3n) is 2.79. The number of rotatable bonds is 6. The molecule has 0 fully saturated rings. The Morgan fingerprint density at radius 2 is 2.32 bits per heavy atom. The van der Waals surface area contributed by atoms with Crippen LogP contribution in [0, 0.1) is 0 Å². The maximum absolute atomic E-state index is 11.9. The van der Waals surface area contributed by atoms with Gasteiger partial charge in [-0.15, -0.1) is 0 Å². The van der Waals surface area contributed by atoms with Crippen LogP contribution in [0.3, 0.4) is 0 Å². The van der Waals surface area contributed by atoms with Gasteiger partial charge >= 0.3 is 0 Å². The molecule has 1 aromatic carbocycles. The van der Waals surface area contributed by atoms with E-state index in [4.69, 9.17) is 5.11 Å². The Morgan fingerprint density at radius 3 is 3.05 bits per heavy atom. The fourth-order valence-corrected chi connectivity index (χ4v) is 2.34. The Bertz CT molecular complexity index is 557. The van der Waals surface area contributed by atoms with E-state index in [9.17, 15) is 4.79 Å².